The molecule has 0 spiro atoms. The molecule has 90 valence electrons. The summed E-state index contributed by atoms with van der Waals surface area (Å²) in [5.41, 5.74) is 0.738. The van der Waals surface area contributed by atoms with Crippen LogP contribution in [0.2, 0.25) is 0 Å². The van der Waals surface area contributed by atoms with E-state index in [2.05, 4.69) is 19.2 Å². The first-order valence-electron chi connectivity index (χ1n) is 5.46. The summed E-state index contributed by atoms with van der Waals surface area (Å²) in [6.07, 6.45) is 0.691. The van der Waals surface area contributed by atoms with Crippen LogP contribution in [-0.2, 0) is 6.42 Å². The Hall–Kier alpha value is -1.09. The van der Waals surface area contributed by atoms with Crippen LogP contribution >= 0.6 is 0 Å². The predicted molar refractivity (Wildman–Crippen MR) is 64.4 cm³/mol. The first-order valence-corrected chi connectivity index (χ1v) is 5.46. The fraction of sp³-hybridized carbons (Fsp3) is 0.538. The van der Waals surface area contributed by atoms with E-state index in [0.29, 0.717) is 17.7 Å². The average molecular weight is 225 g/mol. The predicted octanol–water partition coefficient (Wildman–Crippen LogP) is 2.62. The van der Waals surface area contributed by atoms with Gasteiger partial charge in [0, 0.05) is 6.54 Å². The maximum atomic E-state index is 13.9. The Morgan fingerprint density at radius 3 is 2.62 bits per heavy atom. The molecule has 0 radical (unpaired) electrons. The lowest BCUT2D eigenvalue weighted by Gasteiger charge is -2.24. The van der Waals surface area contributed by atoms with Crippen molar-refractivity contribution in [1.82, 2.24) is 5.32 Å². The molecule has 0 heterocycles. The van der Waals surface area contributed by atoms with Crippen LogP contribution in [0.3, 0.4) is 0 Å². The molecule has 0 aliphatic carbocycles. The van der Waals surface area contributed by atoms with E-state index in [1.165, 1.54) is 7.11 Å². The smallest absolute Gasteiger partial charge is 0.168 e. The minimum absolute atomic E-state index is 0.0297. The van der Waals surface area contributed by atoms with E-state index >= 15 is 0 Å². The molecule has 2 nitrogen and oxygen atoms in total. The summed E-state index contributed by atoms with van der Waals surface area (Å²) in [6, 6.07) is 5.28. The lowest BCUT2D eigenvalue weighted by Crippen LogP contribution is -2.29. The number of benzene rings is 1. The zero-order chi connectivity index (χ0) is 12.2. The van der Waals surface area contributed by atoms with Gasteiger partial charge in [-0.3, -0.25) is 0 Å². The summed E-state index contributed by atoms with van der Waals surface area (Å²) >= 11 is 0. The fourth-order valence-electron chi connectivity index (χ4n) is 1.91. The van der Waals surface area contributed by atoms with Crippen LogP contribution < -0.4 is 10.1 Å². The van der Waals surface area contributed by atoms with Crippen LogP contribution in [0.1, 0.15) is 19.4 Å². The van der Waals surface area contributed by atoms with Crippen LogP contribution in [0.4, 0.5) is 4.39 Å². The Labute approximate surface area is 96.8 Å². The van der Waals surface area contributed by atoms with Crippen molar-refractivity contribution in [2.75, 3.05) is 20.7 Å². The first-order chi connectivity index (χ1) is 7.50. The fourth-order valence-corrected chi connectivity index (χ4v) is 1.91. The minimum Gasteiger partial charge on any atom is -0.494 e. The Balaban J connectivity index is 2.89. The van der Waals surface area contributed by atoms with Crippen molar-refractivity contribution in [3.63, 3.8) is 0 Å². The molecule has 1 aromatic carbocycles. The van der Waals surface area contributed by atoms with Gasteiger partial charge in [-0.05, 0) is 30.5 Å². The summed E-state index contributed by atoms with van der Waals surface area (Å²) in [7, 11) is 3.39. The third kappa shape index (κ3) is 3.20. The molecular weight excluding hydrogens is 205 g/mol. The molecule has 1 aromatic rings. The molecule has 3 heteroatoms. The van der Waals surface area contributed by atoms with Gasteiger partial charge in [-0.1, -0.05) is 26.0 Å². The van der Waals surface area contributed by atoms with Crippen molar-refractivity contribution < 1.29 is 9.13 Å². The highest BCUT2D eigenvalue weighted by Gasteiger charge is 2.20. The number of ether oxygens (including phenoxy) is 1. The molecule has 0 amide bonds. The molecule has 0 aliphatic rings. The molecule has 0 bridgehead atoms. The van der Waals surface area contributed by atoms with E-state index in [1.54, 1.807) is 6.07 Å². The second-order valence-electron chi connectivity index (χ2n) is 4.80. The van der Waals surface area contributed by atoms with Crippen molar-refractivity contribution in [2.24, 2.45) is 5.41 Å². The van der Waals surface area contributed by atoms with E-state index < -0.39 is 0 Å². The molecule has 0 aliphatic heterocycles. The monoisotopic (exact) mass is 225 g/mol. The average Bonchev–Trinajstić information content (AvgIpc) is 2.21. The number of halogens is 1. The van der Waals surface area contributed by atoms with Gasteiger partial charge in [0.05, 0.1) is 7.11 Å². The molecule has 0 fully saturated rings. The normalized spacial score (nSPS) is 11.6. The molecule has 0 atom stereocenters. The Bertz CT molecular complexity index is 350. The van der Waals surface area contributed by atoms with Gasteiger partial charge >= 0.3 is 0 Å². The number of nitrogens with one attached hydrogen (secondary N) is 1. The molecule has 0 unspecified atom stereocenters. The van der Waals surface area contributed by atoms with E-state index in [9.17, 15) is 4.39 Å². The van der Waals surface area contributed by atoms with Crippen molar-refractivity contribution in [2.45, 2.75) is 20.3 Å². The summed E-state index contributed by atoms with van der Waals surface area (Å²) in [6.45, 7) is 5.08. The lowest BCUT2D eigenvalue weighted by molar-refractivity contribution is 0.338. The summed E-state index contributed by atoms with van der Waals surface area (Å²) < 4.78 is 18.9. The zero-order valence-corrected chi connectivity index (χ0v) is 10.4. The quantitative estimate of drug-likeness (QED) is 0.831. The zero-order valence-electron chi connectivity index (χ0n) is 10.4. The Kier molecular flexibility index (Phi) is 4.30. The molecule has 1 rings (SSSR count). The van der Waals surface area contributed by atoms with E-state index in [-0.39, 0.29) is 11.2 Å². The summed E-state index contributed by atoms with van der Waals surface area (Å²) in [4.78, 5) is 0. The molecule has 16 heavy (non-hydrogen) atoms. The summed E-state index contributed by atoms with van der Waals surface area (Å²) in [5.74, 6) is 0.0759. The summed E-state index contributed by atoms with van der Waals surface area (Å²) in [5, 5.41) is 3.12. The SMILES string of the molecule is CNCC(C)(C)Cc1cccc(OC)c1F. The van der Waals surface area contributed by atoms with E-state index in [1.807, 2.05) is 19.2 Å². The molecule has 1 N–H and O–H groups in total. The molecule has 0 aromatic heterocycles. The van der Waals surface area contributed by atoms with E-state index in [4.69, 9.17) is 4.74 Å². The van der Waals surface area contributed by atoms with Gasteiger partial charge in [-0.2, -0.15) is 0 Å². The topological polar surface area (TPSA) is 21.3 Å². The first kappa shape index (κ1) is 13.0. The highest BCUT2D eigenvalue weighted by Crippen LogP contribution is 2.26. The maximum absolute atomic E-state index is 13.9. The number of methoxy groups -OCH3 is 1. The number of rotatable bonds is 5. The van der Waals surface area contributed by atoms with Gasteiger partial charge in [0.2, 0.25) is 0 Å². The molecule has 0 saturated carbocycles. The number of hydrogen-bond donors (Lipinski definition) is 1. The number of hydrogen-bond acceptors (Lipinski definition) is 2. The van der Waals surface area contributed by atoms with Gasteiger partial charge in [0.15, 0.2) is 11.6 Å². The van der Waals surface area contributed by atoms with E-state index in [0.717, 1.165) is 6.54 Å². The van der Waals surface area contributed by atoms with Crippen LogP contribution in [0.25, 0.3) is 0 Å². The van der Waals surface area contributed by atoms with Crippen LogP contribution in [0.5, 0.6) is 5.75 Å². The highest BCUT2D eigenvalue weighted by atomic mass is 19.1. The third-order valence-electron chi connectivity index (χ3n) is 2.59. The van der Waals surface area contributed by atoms with Crippen molar-refractivity contribution >= 4 is 0 Å². The van der Waals surface area contributed by atoms with Crippen molar-refractivity contribution in [3.05, 3.63) is 29.6 Å². The van der Waals surface area contributed by atoms with Crippen molar-refractivity contribution in [1.29, 1.82) is 0 Å². The second-order valence-corrected chi connectivity index (χ2v) is 4.80. The van der Waals surface area contributed by atoms with Crippen molar-refractivity contribution in [3.8, 4) is 5.75 Å². The molecule has 0 saturated heterocycles. The maximum Gasteiger partial charge on any atom is 0.168 e. The van der Waals surface area contributed by atoms with Gasteiger partial charge in [0.25, 0.3) is 0 Å². The standard InChI is InChI=1S/C13H20FNO/c1-13(2,9-15-3)8-10-6-5-7-11(16-4)12(10)14/h5-7,15H,8-9H2,1-4H3. The van der Waals surface area contributed by atoms with Crippen LogP contribution in [0.15, 0.2) is 18.2 Å². The third-order valence-corrected chi connectivity index (χ3v) is 2.59. The lowest BCUT2D eigenvalue weighted by atomic mass is 9.85. The largest absolute Gasteiger partial charge is 0.494 e. The van der Waals surface area contributed by atoms with Crippen LogP contribution in [-0.4, -0.2) is 20.7 Å². The highest BCUT2D eigenvalue weighted by molar-refractivity contribution is 5.31. The van der Waals surface area contributed by atoms with Gasteiger partial charge < -0.3 is 10.1 Å². The van der Waals surface area contributed by atoms with Gasteiger partial charge in [-0.25, -0.2) is 4.39 Å². The van der Waals surface area contributed by atoms with Crippen LogP contribution in [0, 0.1) is 11.2 Å². The Morgan fingerprint density at radius 2 is 2.06 bits per heavy atom. The van der Waals surface area contributed by atoms with Gasteiger partial charge in [-0.15, -0.1) is 0 Å². The van der Waals surface area contributed by atoms with Gasteiger partial charge in [0.1, 0.15) is 0 Å². The molecular formula is C13H20FNO. The minimum atomic E-state index is -0.242. The Morgan fingerprint density at radius 1 is 1.38 bits per heavy atom. The second kappa shape index (κ2) is 5.30.